The predicted octanol–water partition coefficient (Wildman–Crippen LogP) is 3.78. The summed E-state index contributed by atoms with van der Waals surface area (Å²) in [4.78, 5) is 12.9. The molecule has 2 N–H and O–H groups in total. The molecule has 2 aromatic rings. The molecular weight excluding hydrogens is 402 g/mol. The summed E-state index contributed by atoms with van der Waals surface area (Å²) in [6.45, 7) is 2.97. The van der Waals surface area contributed by atoms with E-state index in [1.807, 2.05) is 67.6 Å². The Balaban J connectivity index is 1.80. The van der Waals surface area contributed by atoms with Crippen molar-refractivity contribution in [1.29, 1.82) is 0 Å². The number of hydrogen-bond donors (Lipinski definition) is 2. The maximum Gasteiger partial charge on any atom is 0.286 e. The van der Waals surface area contributed by atoms with E-state index in [1.54, 1.807) is 0 Å². The smallest absolute Gasteiger partial charge is 0.286 e. The molecule has 0 aromatic heterocycles. The van der Waals surface area contributed by atoms with Gasteiger partial charge in [-0.3, -0.25) is 4.79 Å². The maximum atomic E-state index is 12.9. The van der Waals surface area contributed by atoms with Gasteiger partial charge in [0.05, 0.1) is 0 Å². The SMILES string of the molecule is C#Cc1ccc([C@@H]2C=C(C(=O)NCCc3ccccc3)O[C@H](OCC)[C@H]2CCCO)cc1. The molecule has 5 heteroatoms. The lowest BCUT2D eigenvalue weighted by Gasteiger charge is -2.37. The standard InChI is InChI=1S/C27H31NO4/c1-3-20-12-14-22(15-13-20)24-19-25(32-27(31-4-2)23(24)11-8-18-29)26(30)28-17-16-21-9-6-5-7-10-21/h1,5-7,9-10,12-15,19,23-24,27,29H,4,8,11,16-18H2,2H3,(H,28,30)/t23-,24-,27-/m0/s1. The minimum Gasteiger partial charge on any atom is -0.459 e. The van der Waals surface area contributed by atoms with Crippen molar-refractivity contribution in [3.8, 4) is 12.3 Å². The van der Waals surface area contributed by atoms with Crippen molar-refractivity contribution in [3.05, 3.63) is 83.1 Å². The number of rotatable bonds is 10. The summed E-state index contributed by atoms with van der Waals surface area (Å²) >= 11 is 0. The summed E-state index contributed by atoms with van der Waals surface area (Å²) in [6.07, 6.45) is 8.89. The van der Waals surface area contributed by atoms with Gasteiger partial charge in [0, 0.05) is 37.2 Å². The third-order valence-corrected chi connectivity index (χ3v) is 5.64. The van der Waals surface area contributed by atoms with Gasteiger partial charge in [0.1, 0.15) is 0 Å². The molecule has 3 atom stereocenters. The van der Waals surface area contributed by atoms with Crippen molar-refractivity contribution in [2.45, 2.75) is 38.4 Å². The molecule has 0 saturated heterocycles. The van der Waals surface area contributed by atoms with Crippen molar-refractivity contribution in [1.82, 2.24) is 5.32 Å². The van der Waals surface area contributed by atoms with Crippen LogP contribution in [0.2, 0.25) is 0 Å². The van der Waals surface area contributed by atoms with E-state index in [2.05, 4.69) is 11.2 Å². The Morgan fingerprint density at radius 1 is 1.19 bits per heavy atom. The second-order valence-corrected chi connectivity index (χ2v) is 7.79. The van der Waals surface area contributed by atoms with E-state index < -0.39 is 6.29 Å². The number of nitrogens with one attached hydrogen (secondary N) is 1. The molecule has 0 spiro atoms. The third kappa shape index (κ3) is 6.23. The molecule has 0 aliphatic carbocycles. The molecule has 0 radical (unpaired) electrons. The van der Waals surface area contributed by atoms with E-state index in [0.29, 0.717) is 26.0 Å². The molecule has 168 valence electrons. The molecule has 0 unspecified atom stereocenters. The second kappa shape index (κ2) is 12.1. The van der Waals surface area contributed by atoms with Crippen molar-refractivity contribution >= 4 is 5.91 Å². The first kappa shape index (κ1) is 23.6. The molecule has 1 heterocycles. The van der Waals surface area contributed by atoms with Gasteiger partial charge in [0.25, 0.3) is 5.91 Å². The summed E-state index contributed by atoms with van der Waals surface area (Å²) in [5.41, 5.74) is 3.00. The first-order chi connectivity index (χ1) is 15.7. The Morgan fingerprint density at radius 3 is 2.59 bits per heavy atom. The largest absolute Gasteiger partial charge is 0.459 e. The van der Waals surface area contributed by atoms with Crippen LogP contribution in [0.5, 0.6) is 0 Å². The number of hydrogen-bond acceptors (Lipinski definition) is 4. The average Bonchev–Trinajstić information content (AvgIpc) is 2.83. The van der Waals surface area contributed by atoms with Gasteiger partial charge in [-0.1, -0.05) is 48.4 Å². The zero-order chi connectivity index (χ0) is 22.8. The molecular formula is C27H31NO4. The molecule has 5 nitrogen and oxygen atoms in total. The number of carbonyl (C=O) groups is 1. The minimum absolute atomic E-state index is 0.0281. The van der Waals surface area contributed by atoms with Crippen molar-refractivity contribution in [3.63, 3.8) is 0 Å². The molecule has 32 heavy (non-hydrogen) atoms. The zero-order valence-corrected chi connectivity index (χ0v) is 18.5. The van der Waals surface area contributed by atoms with Crippen molar-refractivity contribution in [2.24, 2.45) is 5.92 Å². The van der Waals surface area contributed by atoms with Gasteiger partial charge in [-0.2, -0.15) is 0 Å². The number of benzene rings is 2. The molecule has 0 bridgehead atoms. The number of aliphatic hydroxyl groups is 1. The Morgan fingerprint density at radius 2 is 1.94 bits per heavy atom. The number of carbonyl (C=O) groups excluding carboxylic acids is 1. The van der Waals surface area contributed by atoms with Crippen LogP contribution in [0.25, 0.3) is 0 Å². The summed E-state index contributed by atoms with van der Waals surface area (Å²) in [7, 11) is 0. The topological polar surface area (TPSA) is 67.8 Å². The van der Waals surface area contributed by atoms with E-state index >= 15 is 0 Å². The van der Waals surface area contributed by atoms with E-state index in [-0.39, 0.29) is 30.1 Å². The van der Waals surface area contributed by atoms with Crippen LogP contribution in [0, 0.1) is 18.3 Å². The summed E-state index contributed by atoms with van der Waals surface area (Å²) in [5, 5.41) is 12.3. The fraction of sp³-hybridized carbons (Fsp3) is 0.370. The number of allylic oxidation sites excluding steroid dienone is 1. The van der Waals surface area contributed by atoms with Crippen LogP contribution in [-0.2, 0) is 20.7 Å². The summed E-state index contributed by atoms with van der Waals surface area (Å²) in [6, 6.07) is 17.8. The monoisotopic (exact) mass is 433 g/mol. The highest BCUT2D eigenvalue weighted by atomic mass is 16.7. The van der Waals surface area contributed by atoms with Gasteiger partial charge in [-0.25, -0.2) is 0 Å². The van der Waals surface area contributed by atoms with Crippen molar-refractivity contribution < 1.29 is 19.4 Å². The number of aliphatic hydroxyl groups excluding tert-OH is 1. The van der Waals surface area contributed by atoms with Gasteiger partial charge >= 0.3 is 0 Å². The van der Waals surface area contributed by atoms with Gasteiger partial charge in [0.15, 0.2) is 5.76 Å². The summed E-state index contributed by atoms with van der Waals surface area (Å²) < 4.78 is 11.9. The molecule has 3 rings (SSSR count). The highest BCUT2D eigenvalue weighted by molar-refractivity contribution is 5.91. The molecule has 2 aromatic carbocycles. The normalized spacial score (nSPS) is 20.0. The Labute approximate surface area is 190 Å². The van der Waals surface area contributed by atoms with E-state index in [9.17, 15) is 9.90 Å². The predicted molar refractivity (Wildman–Crippen MR) is 125 cm³/mol. The Bertz CT molecular complexity index is 930. The lowest BCUT2D eigenvalue weighted by Crippen LogP contribution is -2.39. The fourth-order valence-electron chi connectivity index (χ4n) is 4.00. The molecule has 0 saturated carbocycles. The molecule has 1 amide bonds. The van der Waals surface area contributed by atoms with Crippen LogP contribution >= 0.6 is 0 Å². The number of ether oxygens (including phenoxy) is 2. The lowest BCUT2D eigenvalue weighted by molar-refractivity contribution is -0.166. The van der Waals surface area contributed by atoms with Crippen LogP contribution in [0.15, 0.2) is 66.4 Å². The Hall–Kier alpha value is -3.07. The lowest BCUT2D eigenvalue weighted by atomic mass is 9.80. The van der Waals surface area contributed by atoms with Crippen LogP contribution in [0.1, 0.15) is 42.4 Å². The minimum atomic E-state index is -0.566. The summed E-state index contributed by atoms with van der Waals surface area (Å²) in [5.74, 6) is 2.53. The van der Waals surface area contributed by atoms with Crippen LogP contribution in [-0.4, -0.2) is 37.1 Å². The Kier molecular flexibility index (Phi) is 8.91. The highest BCUT2D eigenvalue weighted by Crippen LogP contribution is 2.39. The van der Waals surface area contributed by atoms with Crippen LogP contribution < -0.4 is 5.32 Å². The second-order valence-electron chi connectivity index (χ2n) is 7.79. The van der Waals surface area contributed by atoms with Gasteiger partial charge < -0.3 is 19.9 Å². The van der Waals surface area contributed by atoms with E-state index in [0.717, 1.165) is 23.1 Å². The first-order valence-corrected chi connectivity index (χ1v) is 11.2. The van der Waals surface area contributed by atoms with Gasteiger partial charge in [-0.15, -0.1) is 6.42 Å². The zero-order valence-electron chi connectivity index (χ0n) is 18.5. The molecule has 1 aliphatic rings. The number of amides is 1. The quantitative estimate of drug-likeness (QED) is 0.560. The van der Waals surface area contributed by atoms with E-state index in [1.165, 1.54) is 0 Å². The van der Waals surface area contributed by atoms with Crippen molar-refractivity contribution in [2.75, 3.05) is 19.8 Å². The van der Waals surface area contributed by atoms with Crippen LogP contribution in [0.4, 0.5) is 0 Å². The third-order valence-electron chi connectivity index (χ3n) is 5.64. The van der Waals surface area contributed by atoms with Gasteiger partial charge in [-0.05, 0) is 55.5 Å². The first-order valence-electron chi connectivity index (χ1n) is 11.2. The van der Waals surface area contributed by atoms with Gasteiger partial charge in [0.2, 0.25) is 6.29 Å². The fourth-order valence-corrected chi connectivity index (χ4v) is 4.00. The number of terminal acetylenes is 1. The van der Waals surface area contributed by atoms with E-state index in [4.69, 9.17) is 15.9 Å². The van der Waals surface area contributed by atoms with Crippen LogP contribution in [0.3, 0.4) is 0 Å². The highest BCUT2D eigenvalue weighted by Gasteiger charge is 2.37. The average molecular weight is 434 g/mol. The molecule has 0 fully saturated rings. The molecule has 1 aliphatic heterocycles. The maximum absolute atomic E-state index is 12.9.